The molecule has 2 N–H and O–H groups in total. The van der Waals surface area contributed by atoms with Crippen LogP contribution in [0.15, 0.2) is 36.9 Å². The summed E-state index contributed by atoms with van der Waals surface area (Å²) in [5.74, 6) is -0.0755. The largest absolute Gasteiger partial charge is 0.376 e. The second kappa shape index (κ2) is 8.79. The van der Waals surface area contributed by atoms with E-state index in [4.69, 9.17) is 0 Å². The Hall–Kier alpha value is -2.30. The molecule has 0 saturated heterocycles. The monoisotopic (exact) mass is 289 g/mol. The summed E-state index contributed by atoms with van der Waals surface area (Å²) >= 11 is 0. The van der Waals surface area contributed by atoms with Gasteiger partial charge in [0.05, 0.1) is 6.54 Å². The van der Waals surface area contributed by atoms with Crippen LogP contribution in [-0.4, -0.2) is 42.9 Å². The molecule has 1 rings (SSSR count). The molecule has 0 aliphatic carbocycles. The molecule has 114 valence electrons. The van der Waals surface area contributed by atoms with Gasteiger partial charge < -0.3 is 15.5 Å². The molecule has 5 nitrogen and oxygen atoms in total. The smallest absolute Gasteiger partial charge is 0.253 e. The molecule has 0 aromatic heterocycles. The number of benzene rings is 1. The number of rotatable bonds is 8. The van der Waals surface area contributed by atoms with Crippen LogP contribution in [0.4, 0.5) is 5.69 Å². The second-order valence-electron chi connectivity index (χ2n) is 4.50. The minimum atomic E-state index is -0.0989. The molecule has 0 radical (unpaired) electrons. The Kier molecular flexibility index (Phi) is 7.01. The average molecular weight is 289 g/mol. The SMILES string of the molecule is C=CCNC(=O)CNc1ccc(C(=O)N(CC)CC)cc1. The van der Waals surface area contributed by atoms with E-state index in [2.05, 4.69) is 17.2 Å². The molecule has 0 bridgehead atoms. The molecule has 0 saturated carbocycles. The van der Waals surface area contributed by atoms with Crippen molar-refractivity contribution in [2.75, 3.05) is 31.5 Å². The van der Waals surface area contributed by atoms with Crippen molar-refractivity contribution in [1.29, 1.82) is 0 Å². The highest BCUT2D eigenvalue weighted by atomic mass is 16.2. The van der Waals surface area contributed by atoms with Gasteiger partial charge >= 0.3 is 0 Å². The van der Waals surface area contributed by atoms with Gasteiger partial charge in [-0.05, 0) is 38.1 Å². The van der Waals surface area contributed by atoms with Crippen LogP contribution >= 0.6 is 0 Å². The third-order valence-electron chi connectivity index (χ3n) is 3.08. The second-order valence-corrected chi connectivity index (χ2v) is 4.50. The lowest BCUT2D eigenvalue weighted by atomic mass is 10.2. The highest BCUT2D eigenvalue weighted by Gasteiger charge is 2.11. The van der Waals surface area contributed by atoms with Crippen molar-refractivity contribution in [3.8, 4) is 0 Å². The van der Waals surface area contributed by atoms with Gasteiger partial charge in [-0.2, -0.15) is 0 Å². The molecule has 0 atom stereocenters. The van der Waals surface area contributed by atoms with Gasteiger partial charge in [0.25, 0.3) is 5.91 Å². The molecule has 0 heterocycles. The summed E-state index contributed by atoms with van der Waals surface area (Å²) in [5.41, 5.74) is 1.46. The molecule has 21 heavy (non-hydrogen) atoms. The topological polar surface area (TPSA) is 61.4 Å². The fraction of sp³-hybridized carbons (Fsp3) is 0.375. The third-order valence-corrected chi connectivity index (χ3v) is 3.08. The number of nitrogens with zero attached hydrogens (tertiary/aromatic N) is 1. The number of carbonyl (C=O) groups is 2. The zero-order valence-electron chi connectivity index (χ0n) is 12.7. The summed E-state index contributed by atoms with van der Waals surface area (Å²) in [6, 6.07) is 7.14. The van der Waals surface area contributed by atoms with Crippen LogP contribution in [-0.2, 0) is 4.79 Å². The quantitative estimate of drug-likeness (QED) is 0.718. The van der Waals surface area contributed by atoms with Gasteiger partial charge in [-0.3, -0.25) is 9.59 Å². The van der Waals surface area contributed by atoms with Gasteiger partial charge in [-0.25, -0.2) is 0 Å². The van der Waals surface area contributed by atoms with Crippen LogP contribution in [0.25, 0.3) is 0 Å². The third kappa shape index (κ3) is 5.30. The Morgan fingerprint density at radius 1 is 1.19 bits per heavy atom. The Morgan fingerprint density at radius 3 is 2.33 bits per heavy atom. The number of amides is 2. The summed E-state index contributed by atoms with van der Waals surface area (Å²) in [6.45, 7) is 9.48. The fourth-order valence-corrected chi connectivity index (χ4v) is 1.85. The maximum atomic E-state index is 12.1. The van der Waals surface area contributed by atoms with Gasteiger partial charge in [0.1, 0.15) is 0 Å². The van der Waals surface area contributed by atoms with Gasteiger partial charge in [-0.15, -0.1) is 6.58 Å². The highest BCUT2D eigenvalue weighted by Crippen LogP contribution is 2.11. The van der Waals surface area contributed by atoms with E-state index in [1.165, 1.54) is 0 Å². The van der Waals surface area contributed by atoms with E-state index in [-0.39, 0.29) is 18.4 Å². The molecule has 5 heteroatoms. The van der Waals surface area contributed by atoms with Crippen LogP contribution in [0, 0.1) is 0 Å². The first-order chi connectivity index (χ1) is 10.1. The summed E-state index contributed by atoms with van der Waals surface area (Å²) in [4.78, 5) is 25.3. The normalized spacial score (nSPS) is 9.81. The van der Waals surface area contributed by atoms with Crippen molar-refractivity contribution in [3.05, 3.63) is 42.5 Å². The maximum absolute atomic E-state index is 12.1. The van der Waals surface area contributed by atoms with Crippen LogP contribution in [0.2, 0.25) is 0 Å². The molecule has 1 aromatic rings. The first-order valence-corrected chi connectivity index (χ1v) is 7.13. The van der Waals surface area contributed by atoms with E-state index in [0.717, 1.165) is 5.69 Å². The van der Waals surface area contributed by atoms with Crippen molar-refractivity contribution in [1.82, 2.24) is 10.2 Å². The molecule has 2 amide bonds. The number of hydrogen-bond acceptors (Lipinski definition) is 3. The number of nitrogens with one attached hydrogen (secondary N) is 2. The Labute approximate surface area is 126 Å². The van der Waals surface area contributed by atoms with E-state index in [1.807, 2.05) is 13.8 Å². The molecule has 0 fully saturated rings. The summed E-state index contributed by atoms with van der Waals surface area (Å²) in [6.07, 6.45) is 1.63. The van der Waals surface area contributed by atoms with Gasteiger partial charge in [0, 0.05) is 30.9 Å². The number of anilines is 1. The average Bonchev–Trinajstić information content (AvgIpc) is 2.52. The van der Waals surface area contributed by atoms with E-state index < -0.39 is 0 Å². The maximum Gasteiger partial charge on any atom is 0.253 e. The predicted octanol–water partition coefficient (Wildman–Crippen LogP) is 1.88. The summed E-state index contributed by atoms with van der Waals surface area (Å²) in [7, 11) is 0. The zero-order valence-corrected chi connectivity index (χ0v) is 12.7. The van der Waals surface area contributed by atoms with E-state index in [0.29, 0.717) is 25.2 Å². The minimum Gasteiger partial charge on any atom is -0.376 e. The van der Waals surface area contributed by atoms with Crippen molar-refractivity contribution < 1.29 is 9.59 Å². The summed E-state index contributed by atoms with van der Waals surface area (Å²) < 4.78 is 0. The van der Waals surface area contributed by atoms with Crippen LogP contribution in [0.3, 0.4) is 0 Å². The Morgan fingerprint density at radius 2 is 1.81 bits per heavy atom. The molecule has 0 unspecified atom stereocenters. The molecule has 0 aliphatic heterocycles. The van der Waals surface area contributed by atoms with E-state index in [9.17, 15) is 9.59 Å². The first kappa shape index (κ1) is 16.8. The van der Waals surface area contributed by atoms with Crippen LogP contribution in [0.1, 0.15) is 24.2 Å². The van der Waals surface area contributed by atoms with Crippen LogP contribution < -0.4 is 10.6 Å². The molecule has 0 aliphatic rings. The van der Waals surface area contributed by atoms with Gasteiger partial charge in [0.2, 0.25) is 5.91 Å². The first-order valence-electron chi connectivity index (χ1n) is 7.13. The molecule has 1 aromatic carbocycles. The Balaban J connectivity index is 2.56. The predicted molar refractivity (Wildman–Crippen MR) is 85.4 cm³/mol. The van der Waals surface area contributed by atoms with Gasteiger partial charge in [-0.1, -0.05) is 6.08 Å². The van der Waals surface area contributed by atoms with E-state index in [1.54, 1.807) is 35.2 Å². The van der Waals surface area contributed by atoms with Crippen molar-refractivity contribution in [2.24, 2.45) is 0 Å². The van der Waals surface area contributed by atoms with Crippen molar-refractivity contribution in [2.45, 2.75) is 13.8 Å². The van der Waals surface area contributed by atoms with E-state index >= 15 is 0 Å². The lowest BCUT2D eigenvalue weighted by Gasteiger charge is -2.18. The fourth-order valence-electron chi connectivity index (χ4n) is 1.85. The zero-order chi connectivity index (χ0) is 15.7. The Bertz CT molecular complexity index is 479. The number of hydrogen-bond donors (Lipinski definition) is 2. The van der Waals surface area contributed by atoms with Crippen molar-refractivity contribution in [3.63, 3.8) is 0 Å². The number of carbonyl (C=O) groups excluding carboxylic acids is 2. The lowest BCUT2D eigenvalue weighted by Crippen LogP contribution is -2.30. The molecule has 0 spiro atoms. The van der Waals surface area contributed by atoms with Crippen molar-refractivity contribution >= 4 is 17.5 Å². The van der Waals surface area contributed by atoms with Gasteiger partial charge in [0.15, 0.2) is 0 Å². The highest BCUT2D eigenvalue weighted by molar-refractivity contribution is 5.94. The lowest BCUT2D eigenvalue weighted by molar-refractivity contribution is -0.119. The summed E-state index contributed by atoms with van der Waals surface area (Å²) in [5, 5.41) is 5.69. The van der Waals surface area contributed by atoms with Crippen LogP contribution in [0.5, 0.6) is 0 Å². The molecular weight excluding hydrogens is 266 g/mol. The molecular formula is C16H23N3O2. The standard InChI is InChI=1S/C16H23N3O2/c1-4-11-17-15(20)12-18-14-9-7-13(8-10-14)16(21)19(5-2)6-3/h4,7-10,18H,1,5-6,11-12H2,2-3H3,(H,17,20). The minimum absolute atomic E-state index is 0.0234.